The normalized spacial score (nSPS) is 15.2. The maximum absolute atomic E-state index is 10.0. The number of hydrogen-bond donors (Lipinski definition) is 3. The van der Waals surface area contributed by atoms with Crippen LogP contribution in [0.3, 0.4) is 0 Å². The fourth-order valence-corrected chi connectivity index (χ4v) is 0. The molecule has 0 aliphatic heterocycles. The lowest BCUT2D eigenvalue weighted by molar-refractivity contribution is 0.485. The highest BCUT2D eigenvalue weighted by atomic mass is 31.2. The third-order valence-electron chi connectivity index (χ3n) is 0.339. The zero-order chi connectivity index (χ0) is 7.91. The molecule has 0 aromatic rings. The Morgan fingerprint density at radius 1 is 1.56 bits per heavy atom. The van der Waals surface area contributed by atoms with Crippen LogP contribution in [-0.2, 0) is 4.57 Å². The second-order valence-electron chi connectivity index (χ2n) is 1.64. The summed E-state index contributed by atoms with van der Waals surface area (Å²) in [6, 6.07) is 0. The predicted octanol–water partition coefficient (Wildman–Crippen LogP) is -0.232. The summed E-state index contributed by atoms with van der Waals surface area (Å²) in [6.45, 7) is 3.88. The van der Waals surface area contributed by atoms with Crippen LogP contribution >= 0.6 is 7.37 Å². The summed E-state index contributed by atoms with van der Waals surface area (Å²) >= 11 is 0. The number of rotatable bonds is 1. The molecule has 4 nitrogen and oxygen atoms in total. The summed E-state index contributed by atoms with van der Waals surface area (Å²) in [6.07, 6.45) is -0.118. The molecular weight excluding hydrogens is 139 g/mol. The molecule has 5 heteroatoms. The van der Waals surface area contributed by atoms with E-state index in [0.29, 0.717) is 0 Å². The zero-order valence-electron chi connectivity index (χ0n) is 5.87. The Morgan fingerprint density at radius 3 is 1.67 bits per heavy atom. The zero-order valence-corrected chi connectivity index (χ0v) is 6.77. The summed E-state index contributed by atoms with van der Waals surface area (Å²) in [5.41, 5.74) is 9.64. The lowest BCUT2D eigenvalue weighted by Crippen LogP contribution is -1.97. The Bertz CT molecular complexity index is 90.6. The molecule has 0 fully saturated rings. The molecule has 5 N–H and O–H groups in total. The fraction of sp³-hybridized carbons (Fsp3) is 1.00. The maximum atomic E-state index is 10.0. The lowest BCUT2D eigenvalue weighted by Gasteiger charge is -1.94. The van der Waals surface area contributed by atoms with E-state index in [9.17, 15) is 4.57 Å². The Hall–Kier alpha value is 0.110. The van der Waals surface area contributed by atoms with Crippen molar-refractivity contribution in [3.05, 3.63) is 0 Å². The second-order valence-corrected chi connectivity index (χ2v) is 4.11. The van der Waals surface area contributed by atoms with E-state index >= 15 is 0 Å². The van der Waals surface area contributed by atoms with Gasteiger partial charge in [0, 0.05) is 6.66 Å². The Morgan fingerprint density at radius 2 is 1.67 bits per heavy atom. The molecule has 0 aliphatic carbocycles. The molecule has 0 saturated carbocycles. The van der Waals surface area contributed by atoms with Crippen molar-refractivity contribution in [3.8, 4) is 0 Å². The van der Waals surface area contributed by atoms with Crippen molar-refractivity contribution in [1.29, 1.82) is 0 Å². The molecule has 1 atom stereocenters. The highest BCUT2D eigenvalue weighted by Crippen LogP contribution is 2.31. The predicted molar refractivity (Wildman–Crippen MR) is 39.5 cm³/mol. The molecule has 0 spiro atoms. The molecule has 1 unspecified atom stereocenters. The molecule has 0 aliphatic rings. The van der Waals surface area contributed by atoms with Gasteiger partial charge < -0.3 is 16.4 Å². The summed E-state index contributed by atoms with van der Waals surface area (Å²) in [4.78, 5) is 8.26. The van der Waals surface area contributed by atoms with Gasteiger partial charge in [0.1, 0.15) is 0 Å². The van der Waals surface area contributed by atoms with Crippen LogP contribution in [0.4, 0.5) is 0 Å². The van der Waals surface area contributed by atoms with E-state index in [1.165, 1.54) is 6.66 Å². The highest BCUT2D eigenvalue weighted by molar-refractivity contribution is 7.57. The minimum absolute atomic E-state index is 0.118. The fourth-order valence-electron chi connectivity index (χ4n) is 0. The first-order valence-electron chi connectivity index (χ1n) is 2.67. The van der Waals surface area contributed by atoms with Gasteiger partial charge in [0.05, 0.1) is 6.29 Å². The molecule has 0 saturated heterocycles. The molecule has 0 radical (unpaired) electrons. The lowest BCUT2D eigenvalue weighted by atomic mass is 10.8. The van der Waals surface area contributed by atoms with Crippen molar-refractivity contribution in [2.75, 3.05) is 19.5 Å². The monoisotopic (exact) mass is 154 g/mol. The Kier molecular flexibility index (Phi) is 8.21. The maximum Gasteiger partial charge on any atom is 0.210 e. The van der Waals surface area contributed by atoms with E-state index in [-0.39, 0.29) is 6.29 Å². The van der Waals surface area contributed by atoms with Crippen molar-refractivity contribution in [2.24, 2.45) is 11.5 Å². The first kappa shape index (κ1) is 11.9. The largest absolute Gasteiger partial charge is 0.344 e. The van der Waals surface area contributed by atoms with E-state index < -0.39 is 7.37 Å². The third kappa shape index (κ3) is 31.3. The van der Waals surface area contributed by atoms with Crippen molar-refractivity contribution in [2.45, 2.75) is 6.92 Å². The average molecular weight is 154 g/mol. The van der Waals surface area contributed by atoms with Gasteiger partial charge in [-0.15, -0.1) is 0 Å². The molecule has 0 heterocycles. The van der Waals surface area contributed by atoms with Crippen LogP contribution in [0.1, 0.15) is 6.92 Å². The molecule has 9 heavy (non-hydrogen) atoms. The average Bonchev–Trinajstić information content (AvgIpc) is 1.67. The van der Waals surface area contributed by atoms with Crippen LogP contribution in [0.25, 0.3) is 0 Å². The van der Waals surface area contributed by atoms with Crippen LogP contribution in [0.5, 0.6) is 0 Å². The molecule has 0 amide bonds. The minimum atomic E-state index is -2.87. The van der Waals surface area contributed by atoms with Crippen LogP contribution in [0, 0.1) is 0 Å². The van der Waals surface area contributed by atoms with Crippen LogP contribution in [0.15, 0.2) is 0 Å². The van der Waals surface area contributed by atoms with Crippen molar-refractivity contribution >= 4 is 7.37 Å². The van der Waals surface area contributed by atoms with Gasteiger partial charge in [-0.3, -0.25) is 4.57 Å². The van der Waals surface area contributed by atoms with E-state index in [4.69, 9.17) is 16.4 Å². The first-order valence-corrected chi connectivity index (χ1v) is 4.96. The summed E-state index contributed by atoms with van der Waals surface area (Å²) in [5.74, 6) is 0. The third-order valence-corrected chi connectivity index (χ3v) is 1.02. The molecule has 0 rings (SSSR count). The van der Waals surface area contributed by atoms with Gasteiger partial charge in [0.2, 0.25) is 7.37 Å². The molecule has 0 aromatic carbocycles. The van der Waals surface area contributed by atoms with Gasteiger partial charge in [0.15, 0.2) is 0 Å². The van der Waals surface area contributed by atoms with Gasteiger partial charge in [-0.05, 0) is 6.54 Å². The minimum Gasteiger partial charge on any atom is -0.344 e. The van der Waals surface area contributed by atoms with Crippen molar-refractivity contribution < 1.29 is 9.46 Å². The van der Waals surface area contributed by atoms with Gasteiger partial charge in [0.25, 0.3) is 0 Å². The van der Waals surface area contributed by atoms with Gasteiger partial charge in [-0.2, -0.15) is 0 Å². The first-order chi connectivity index (χ1) is 3.97. The van der Waals surface area contributed by atoms with Gasteiger partial charge in [-0.1, -0.05) is 6.92 Å². The summed E-state index contributed by atoms with van der Waals surface area (Å²) < 4.78 is 10.0. The van der Waals surface area contributed by atoms with Gasteiger partial charge in [-0.25, -0.2) is 0 Å². The number of hydrogen-bond acceptors (Lipinski definition) is 3. The van der Waals surface area contributed by atoms with Crippen LogP contribution in [-0.4, -0.2) is 24.4 Å². The standard InChI is InChI=1S/C2H8NO2P.C2H7N/c1-6(4,5)2-3;1-2-3/h2-3H2,1H3,(H,4,5);2-3H2,1H3. The van der Waals surface area contributed by atoms with Crippen molar-refractivity contribution in [1.82, 2.24) is 0 Å². The van der Waals surface area contributed by atoms with E-state index in [1.54, 1.807) is 0 Å². The quantitative estimate of drug-likeness (QED) is 0.455. The molecule has 0 bridgehead atoms. The van der Waals surface area contributed by atoms with Crippen LogP contribution < -0.4 is 11.5 Å². The van der Waals surface area contributed by atoms with Crippen molar-refractivity contribution in [3.63, 3.8) is 0 Å². The Labute approximate surface area is 55.7 Å². The topological polar surface area (TPSA) is 89.3 Å². The highest BCUT2D eigenvalue weighted by Gasteiger charge is 2.01. The smallest absolute Gasteiger partial charge is 0.210 e. The van der Waals surface area contributed by atoms with E-state index in [1.807, 2.05) is 6.92 Å². The molecular formula is C4H15N2O2P. The number of nitrogens with two attached hydrogens (primary N) is 2. The Balaban J connectivity index is 0. The van der Waals surface area contributed by atoms with E-state index in [0.717, 1.165) is 6.54 Å². The molecule has 58 valence electrons. The van der Waals surface area contributed by atoms with E-state index in [2.05, 4.69) is 0 Å². The summed E-state index contributed by atoms with van der Waals surface area (Å²) in [5, 5.41) is 0. The second kappa shape index (κ2) is 6.23. The summed E-state index contributed by atoms with van der Waals surface area (Å²) in [7, 11) is -2.87. The van der Waals surface area contributed by atoms with Crippen LogP contribution in [0.2, 0.25) is 0 Å². The SMILES string of the molecule is CCN.CP(=O)(O)CN. The van der Waals surface area contributed by atoms with Gasteiger partial charge >= 0.3 is 0 Å². The molecule has 0 aromatic heterocycles.